The first-order valence-corrected chi connectivity index (χ1v) is 10.4. The summed E-state index contributed by atoms with van der Waals surface area (Å²) < 4.78 is 30.0. The molecule has 2 aromatic carbocycles. The van der Waals surface area contributed by atoms with Crippen molar-refractivity contribution in [2.24, 2.45) is 0 Å². The van der Waals surface area contributed by atoms with Crippen molar-refractivity contribution in [1.82, 2.24) is 0 Å². The fourth-order valence-corrected chi connectivity index (χ4v) is 5.89. The maximum Gasteiger partial charge on any atom is 0.339 e. The fourth-order valence-electron chi connectivity index (χ4n) is 2.10. The Bertz CT molecular complexity index is 818. The summed E-state index contributed by atoms with van der Waals surface area (Å²) in [5.41, 5.74) is 1.57. The van der Waals surface area contributed by atoms with Crippen molar-refractivity contribution >= 4 is 33.6 Å². The van der Waals surface area contributed by atoms with Crippen molar-refractivity contribution in [2.45, 2.75) is 9.48 Å². The molecule has 0 spiro atoms. The van der Waals surface area contributed by atoms with Crippen LogP contribution in [-0.4, -0.2) is 19.9 Å². The van der Waals surface area contributed by atoms with Crippen LogP contribution < -0.4 is 4.18 Å². The molecule has 1 aliphatic heterocycles. The monoisotopic (exact) mass is 363 g/mol. The van der Waals surface area contributed by atoms with E-state index in [-0.39, 0.29) is 10.6 Å². The van der Waals surface area contributed by atoms with Crippen LogP contribution in [0.4, 0.5) is 0 Å². The first-order valence-electron chi connectivity index (χ1n) is 6.86. The third-order valence-corrected chi connectivity index (χ3v) is 7.62. The number of nitrogens with zero attached hydrogens (tertiary/aromatic N) is 1. The van der Waals surface area contributed by atoms with E-state index in [2.05, 4.69) is 0 Å². The Morgan fingerprint density at radius 2 is 1.61 bits per heavy atom. The van der Waals surface area contributed by atoms with Crippen LogP contribution in [0.15, 0.2) is 53.4 Å². The minimum absolute atomic E-state index is 0.0301. The van der Waals surface area contributed by atoms with Crippen LogP contribution in [0.5, 0.6) is 5.75 Å². The third-order valence-electron chi connectivity index (χ3n) is 3.25. The van der Waals surface area contributed by atoms with E-state index < -0.39 is 10.1 Å². The summed E-state index contributed by atoms with van der Waals surface area (Å²) in [4.78, 5) is 0.0301. The number of hydrogen-bond donors (Lipinski definition) is 0. The molecular formula is C16H13NO3S3. The molecule has 0 saturated carbocycles. The van der Waals surface area contributed by atoms with Crippen LogP contribution in [0, 0.1) is 11.3 Å². The van der Waals surface area contributed by atoms with Crippen LogP contribution in [0.1, 0.15) is 15.7 Å². The van der Waals surface area contributed by atoms with Gasteiger partial charge in [0.2, 0.25) is 0 Å². The van der Waals surface area contributed by atoms with E-state index >= 15 is 0 Å². The zero-order valence-corrected chi connectivity index (χ0v) is 14.5. The van der Waals surface area contributed by atoms with E-state index in [9.17, 15) is 8.42 Å². The van der Waals surface area contributed by atoms with Gasteiger partial charge in [-0.15, -0.1) is 23.5 Å². The van der Waals surface area contributed by atoms with Gasteiger partial charge in [-0.25, -0.2) is 0 Å². The van der Waals surface area contributed by atoms with Gasteiger partial charge in [-0.2, -0.15) is 13.7 Å². The lowest BCUT2D eigenvalue weighted by atomic mass is 10.2. The average Bonchev–Trinajstić information content (AvgIpc) is 3.10. The summed E-state index contributed by atoms with van der Waals surface area (Å²) in [6, 6.07) is 14.7. The molecule has 23 heavy (non-hydrogen) atoms. The summed E-state index contributed by atoms with van der Waals surface area (Å²) in [5, 5.41) is 8.75. The van der Waals surface area contributed by atoms with Gasteiger partial charge in [0, 0.05) is 11.5 Å². The lowest BCUT2D eigenvalue weighted by molar-refractivity contribution is 0.486. The van der Waals surface area contributed by atoms with Crippen molar-refractivity contribution in [3.8, 4) is 11.8 Å². The van der Waals surface area contributed by atoms with Gasteiger partial charge in [0.05, 0.1) is 16.2 Å². The van der Waals surface area contributed by atoms with Gasteiger partial charge < -0.3 is 4.18 Å². The van der Waals surface area contributed by atoms with Gasteiger partial charge in [0.25, 0.3) is 0 Å². The van der Waals surface area contributed by atoms with E-state index in [0.717, 1.165) is 11.5 Å². The predicted octanol–water partition coefficient (Wildman–Crippen LogP) is 3.80. The lowest BCUT2D eigenvalue weighted by Crippen LogP contribution is -2.09. The molecule has 0 aliphatic carbocycles. The molecule has 0 radical (unpaired) electrons. The molecule has 0 bridgehead atoms. The van der Waals surface area contributed by atoms with Gasteiger partial charge in [-0.05, 0) is 42.0 Å². The smallest absolute Gasteiger partial charge is 0.339 e. The highest BCUT2D eigenvalue weighted by Crippen LogP contribution is 2.45. The zero-order valence-electron chi connectivity index (χ0n) is 12.0. The molecule has 0 N–H and O–H groups in total. The van der Waals surface area contributed by atoms with Crippen molar-refractivity contribution < 1.29 is 12.6 Å². The molecular weight excluding hydrogens is 350 g/mol. The molecule has 0 unspecified atom stereocenters. The molecule has 3 rings (SSSR count). The molecule has 1 aliphatic rings. The normalized spacial score (nSPS) is 15.3. The lowest BCUT2D eigenvalue weighted by Gasteiger charge is -2.10. The standard InChI is InChI=1S/C16H13NO3S3/c17-11-12-1-7-15(8-2-12)23(18,19)20-14-5-3-13(4-6-14)16-21-9-10-22-16/h1-8,16H,9-10H2. The molecule has 0 amide bonds. The molecule has 1 fully saturated rings. The van der Waals surface area contributed by atoms with Gasteiger partial charge in [-0.3, -0.25) is 0 Å². The SMILES string of the molecule is N#Cc1ccc(S(=O)(=O)Oc2ccc(C3SCCS3)cc2)cc1. The van der Waals surface area contributed by atoms with E-state index in [4.69, 9.17) is 9.44 Å². The molecule has 7 heteroatoms. The van der Waals surface area contributed by atoms with Gasteiger partial charge >= 0.3 is 10.1 Å². The quantitative estimate of drug-likeness (QED) is 0.770. The number of benzene rings is 2. The molecule has 1 heterocycles. The summed E-state index contributed by atoms with van der Waals surface area (Å²) in [6.45, 7) is 0. The Balaban J connectivity index is 1.75. The average molecular weight is 363 g/mol. The molecule has 0 aromatic heterocycles. The fraction of sp³-hybridized carbons (Fsp3) is 0.188. The second-order valence-electron chi connectivity index (χ2n) is 4.82. The Morgan fingerprint density at radius 3 is 2.17 bits per heavy atom. The van der Waals surface area contributed by atoms with Crippen LogP contribution in [-0.2, 0) is 10.1 Å². The predicted molar refractivity (Wildman–Crippen MR) is 93.1 cm³/mol. The van der Waals surface area contributed by atoms with Crippen molar-refractivity contribution in [1.29, 1.82) is 5.26 Å². The van der Waals surface area contributed by atoms with Gasteiger partial charge in [0.1, 0.15) is 10.6 Å². The van der Waals surface area contributed by atoms with Crippen LogP contribution in [0.2, 0.25) is 0 Å². The number of rotatable bonds is 4. The van der Waals surface area contributed by atoms with E-state index in [1.165, 1.54) is 29.8 Å². The van der Waals surface area contributed by atoms with E-state index in [1.807, 2.05) is 41.7 Å². The molecule has 118 valence electrons. The highest BCUT2D eigenvalue weighted by Gasteiger charge is 2.19. The first-order chi connectivity index (χ1) is 11.1. The minimum atomic E-state index is -3.89. The van der Waals surface area contributed by atoms with Crippen molar-refractivity contribution in [3.63, 3.8) is 0 Å². The third kappa shape index (κ3) is 3.83. The second kappa shape index (κ2) is 6.87. The van der Waals surface area contributed by atoms with Crippen LogP contribution in [0.25, 0.3) is 0 Å². The minimum Gasteiger partial charge on any atom is -0.379 e. The maximum absolute atomic E-state index is 12.2. The molecule has 1 saturated heterocycles. The van der Waals surface area contributed by atoms with Crippen LogP contribution >= 0.6 is 23.5 Å². The Kier molecular flexibility index (Phi) is 4.85. The number of hydrogen-bond acceptors (Lipinski definition) is 6. The van der Waals surface area contributed by atoms with Gasteiger partial charge in [0.15, 0.2) is 0 Å². The number of nitriles is 1. The van der Waals surface area contributed by atoms with E-state index in [1.54, 1.807) is 12.1 Å². The largest absolute Gasteiger partial charge is 0.379 e. The summed E-state index contributed by atoms with van der Waals surface area (Å²) >= 11 is 3.78. The molecule has 0 atom stereocenters. The number of thioether (sulfide) groups is 2. The summed E-state index contributed by atoms with van der Waals surface area (Å²) in [7, 11) is -3.89. The Labute approximate surface area is 144 Å². The highest BCUT2D eigenvalue weighted by atomic mass is 32.2. The maximum atomic E-state index is 12.2. The Hall–Kier alpha value is -1.62. The molecule has 4 nitrogen and oxygen atoms in total. The van der Waals surface area contributed by atoms with Gasteiger partial charge in [-0.1, -0.05) is 12.1 Å². The van der Waals surface area contributed by atoms with Crippen molar-refractivity contribution in [2.75, 3.05) is 11.5 Å². The summed E-state index contributed by atoms with van der Waals surface area (Å²) in [5.74, 6) is 2.56. The van der Waals surface area contributed by atoms with Crippen molar-refractivity contribution in [3.05, 3.63) is 59.7 Å². The Morgan fingerprint density at radius 1 is 1.00 bits per heavy atom. The topological polar surface area (TPSA) is 67.2 Å². The molecule has 2 aromatic rings. The summed E-state index contributed by atoms with van der Waals surface area (Å²) in [6.07, 6.45) is 0. The van der Waals surface area contributed by atoms with E-state index in [0.29, 0.717) is 10.1 Å². The zero-order chi connectivity index (χ0) is 16.3. The first kappa shape index (κ1) is 16.2. The second-order valence-corrected chi connectivity index (χ2v) is 9.09. The highest BCUT2D eigenvalue weighted by molar-refractivity contribution is 8.19. The van der Waals surface area contributed by atoms with Crippen LogP contribution in [0.3, 0.4) is 0 Å².